The molecule has 0 saturated heterocycles. The summed E-state index contributed by atoms with van der Waals surface area (Å²) in [7, 11) is 5.51. The Morgan fingerprint density at radius 1 is 0.525 bits per heavy atom. The highest BCUT2D eigenvalue weighted by Crippen LogP contribution is 2.15. The molecule has 2 atom stereocenters. The van der Waals surface area contributed by atoms with Gasteiger partial charge in [-0.3, -0.25) is 9.59 Å². The van der Waals surface area contributed by atoms with Crippen molar-refractivity contribution in [3.05, 3.63) is 72.9 Å². The SMILES string of the molecule is CC/C=C/C/C=C/C/C=C/C/C=C/C/C=C/C/C=C/CCCC(=O)OCC(COCCC(C(=O)O)[N+](C)(C)C)OC(=O)CCCCCCCCCCCCCCCCC. The van der Waals surface area contributed by atoms with Crippen molar-refractivity contribution in [1.82, 2.24) is 0 Å². The molecule has 0 aromatic heterocycles. The van der Waals surface area contributed by atoms with Gasteiger partial charge in [0, 0.05) is 19.3 Å². The number of nitrogens with zero attached hydrogens (tertiary/aromatic N) is 1. The lowest BCUT2D eigenvalue weighted by molar-refractivity contribution is -0.887. The van der Waals surface area contributed by atoms with Gasteiger partial charge in [0.15, 0.2) is 12.1 Å². The van der Waals surface area contributed by atoms with Crippen LogP contribution in [0.15, 0.2) is 72.9 Å². The average Bonchev–Trinajstić information content (AvgIpc) is 3.19. The van der Waals surface area contributed by atoms with E-state index in [9.17, 15) is 19.5 Å². The second-order valence-electron chi connectivity index (χ2n) is 16.6. The molecular formula is C51H88NO7+. The van der Waals surface area contributed by atoms with E-state index in [1.54, 1.807) is 0 Å². The van der Waals surface area contributed by atoms with Gasteiger partial charge in [-0.2, -0.15) is 0 Å². The van der Waals surface area contributed by atoms with E-state index in [1.165, 1.54) is 77.0 Å². The number of unbranched alkanes of at least 4 members (excludes halogenated alkanes) is 15. The van der Waals surface area contributed by atoms with Crippen molar-refractivity contribution in [3.63, 3.8) is 0 Å². The third-order valence-corrected chi connectivity index (χ3v) is 10.1. The quantitative estimate of drug-likeness (QED) is 0.0284. The monoisotopic (exact) mass is 827 g/mol. The van der Waals surface area contributed by atoms with Gasteiger partial charge in [0.25, 0.3) is 0 Å². The van der Waals surface area contributed by atoms with Crippen LogP contribution in [-0.2, 0) is 28.6 Å². The van der Waals surface area contributed by atoms with Gasteiger partial charge in [-0.15, -0.1) is 0 Å². The third-order valence-electron chi connectivity index (χ3n) is 10.1. The molecule has 2 unspecified atom stereocenters. The van der Waals surface area contributed by atoms with E-state index < -0.39 is 18.1 Å². The zero-order chi connectivity index (χ0) is 43.5. The summed E-state index contributed by atoms with van der Waals surface area (Å²) < 4.78 is 17.2. The number of ether oxygens (including phenoxy) is 3. The lowest BCUT2D eigenvalue weighted by Crippen LogP contribution is -2.50. The summed E-state index contributed by atoms with van der Waals surface area (Å²) >= 11 is 0. The maximum Gasteiger partial charge on any atom is 0.362 e. The molecule has 0 aliphatic carbocycles. The highest BCUT2D eigenvalue weighted by atomic mass is 16.6. The van der Waals surface area contributed by atoms with Crippen LogP contribution in [0.5, 0.6) is 0 Å². The normalized spacial score (nSPS) is 13.6. The van der Waals surface area contributed by atoms with E-state index in [-0.39, 0.29) is 42.7 Å². The van der Waals surface area contributed by atoms with Crippen LogP contribution in [0.25, 0.3) is 0 Å². The lowest BCUT2D eigenvalue weighted by Gasteiger charge is -2.31. The van der Waals surface area contributed by atoms with Crippen LogP contribution in [0.3, 0.4) is 0 Å². The Kier molecular flexibility index (Phi) is 39.2. The number of rotatable bonds is 41. The first-order valence-corrected chi connectivity index (χ1v) is 23.5. The van der Waals surface area contributed by atoms with Gasteiger partial charge in [-0.25, -0.2) is 4.79 Å². The minimum absolute atomic E-state index is 0.0416. The van der Waals surface area contributed by atoms with Gasteiger partial charge >= 0.3 is 17.9 Å². The highest BCUT2D eigenvalue weighted by Gasteiger charge is 2.31. The van der Waals surface area contributed by atoms with Crippen LogP contribution < -0.4 is 0 Å². The molecule has 0 amide bonds. The molecule has 0 aliphatic rings. The summed E-state index contributed by atoms with van der Waals surface area (Å²) in [6.07, 6.45) is 52.4. The Morgan fingerprint density at radius 3 is 1.39 bits per heavy atom. The van der Waals surface area contributed by atoms with Crippen molar-refractivity contribution < 1.29 is 38.2 Å². The third kappa shape index (κ3) is 40.0. The number of allylic oxidation sites excluding steroid dienone is 12. The predicted octanol–water partition coefficient (Wildman–Crippen LogP) is 13.1. The van der Waals surface area contributed by atoms with E-state index >= 15 is 0 Å². The molecule has 338 valence electrons. The molecule has 0 heterocycles. The van der Waals surface area contributed by atoms with Crippen molar-refractivity contribution in [1.29, 1.82) is 0 Å². The van der Waals surface area contributed by atoms with Crippen LogP contribution in [0, 0.1) is 0 Å². The first-order chi connectivity index (χ1) is 28.6. The summed E-state index contributed by atoms with van der Waals surface area (Å²) in [6.45, 7) is 4.56. The van der Waals surface area contributed by atoms with Gasteiger partial charge < -0.3 is 23.8 Å². The number of esters is 2. The molecular weight excluding hydrogens is 739 g/mol. The number of carbonyl (C=O) groups is 3. The van der Waals surface area contributed by atoms with Gasteiger partial charge in [-0.05, 0) is 57.8 Å². The Hall–Kier alpha value is -3.23. The number of aliphatic carboxylic acids is 1. The Morgan fingerprint density at radius 2 is 0.949 bits per heavy atom. The van der Waals surface area contributed by atoms with Crippen LogP contribution >= 0.6 is 0 Å². The van der Waals surface area contributed by atoms with Crippen LogP contribution in [-0.4, -0.2) is 80.6 Å². The molecule has 1 N–H and O–H groups in total. The molecule has 8 nitrogen and oxygen atoms in total. The zero-order valence-electron chi connectivity index (χ0n) is 38.4. The summed E-state index contributed by atoms with van der Waals surface area (Å²) in [5.74, 6) is -1.54. The fourth-order valence-corrected chi connectivity index (χ4v) is 6.52. The highest BCUT2D eigenvalue weighted by molar-refractivity contribution is 5.72. The number of carboxylic acids is 1. The van der Waals surface area contributed by atoms with E-state index in [0.29, 0.717) is 19.3 Å². The summed E-state index contributed by atoms with van der Waals surface area (Å²) in [6, 6.07) is -0.625. The number of quaternary nitrogens is 1. The largest absolute Gasteiger partial charge is 0.477 e. The fraction of sp³-hybridized carbons (Fsp3) is 0.706. The first kappa shape index (κ1) is 55.8. The van der Waals surface area contributed by atoms with E-state index in [2.05, 4.69) is 86.8 Å². The Bertz CT molecular complexity index is 1190. The molecule has 59 heavy (non-hydrogen) atoms. The van der Waals surface area contributed by atoms with Gasteiger partial charge in [0.1, 0.15) is 6.61 Å². The summed E-state index contributed by atoms with van der Waals surface area (Å²) in [5.41, 5.74) is 0. The number of hydrogen-bond acceptors (Lipinski definition) is 6. The molecule has 0 radical (unpaired) electrons. The maximum atomic E-state index is 12.7. The Labute approximate surface area is 361 Å². The van der Waals surface area contributed by atoms with Gasteiger partial charge in [-0.1, -0.05) is 177 Å². The van der Waals surface area contributed by atoms with Crippen molar-refractivity contribution in [2.45, 2.75) is 193 Å². The van der Waals surface area contributed by atoms with Crippen LogP contribution in [0.1, 0.15) is 181 Å². The zero-order valence-corrected chi connectivity index (χ0v) is 38.4. The molecule has 0 fully saturated rings. The molecule has 8 heteroatoms. The van der Waals surface area contributed by atoms with Crippen LogP contribution in [0.2, 0.25) is 0 Å². The lowest BCUT2D eigenvalue weighted by atomic mass is 10.0. The molecule has 0 aromatic carbocycles. The fourth-order valence-electron chi connectivity index (χ4n) is 6.52. The predicted molar refractivity (Wildman–Crippen MR) is 247 cm³/mol. The second kappa shape index (κ2) is 41.5. The molecule has 0 rings (SSSR count). The molecule has 0 bridgehead atoms. The number of carbonyl (C=O) groups excluding carboxylic acids is 2. The van der Waals surface area contributed by atoms with E-state index in [1.807, 2.05) is 21.1 Å². The number of likely N-dealkylation sites (N-methyl/N-ethyl adjacent to an activating group) is 1. The minimum atomic E-state index is -0.884. The summed E-state index contributed by atoms with van der Waals surface area (Å²) in [4.78, 5) is 37.0. The van der Waals surface area contributed by atoms with Gasteiger partial charge in [0.2, 0.25) is 0 Å². The number of carboxylic acid groups (broad SMARTS) is 1. The molecule has 0 spiro atoms. The van der Waals surface area contributed by atoms with E-state index in [4.69, 9.17) is 14.2 Å². The van der Waals surface area contributed by atoms with Gasteiger partial charge in [0.05, 0.1) is 34.4 Å². The minimum Gasteiger partial charge on any atom is -0.477 e. The van der Waals surface area contributed by atoms with Crippen molar-refractivity contribution in [2.75, 3.05) is 41.0 Å². The topological polar surface area (TPSA) is 99.1 Å². The second-order valence-corrected chi connectivity index (χ2v) is 16.6. The van der Waals surface area contributed by atoms with Crippen molar-refractivity contribution >= 4 is 17.9 Å². The average molecular weight is 827 g/mol. The standard InChI is InChI=1S/C51H87NO7/c1-6-8-10-12-14-16-18-20-22-23-24-25-26-28-29-31-33-35-37-39-41-49(53)58-46-47(45-57-44-43-48(51(55)56)52(3,4)5)59-50(54)42-40-38-36-34-32-30-27-21-19-17-15-13-11-9-7-2/h8,10,14,16,20,22,24-25,28-29,33,35,47-48H,6-7,9,11-13,15,17-19,21,23,26-27,30-32,34,36-46H2,1-5H3/p+1/b10-8+,16-14+,22-20+,25-24+,29-28+,35-33+. The first-order valence-electron chi connectivity index (χ1n) is 23.5. The number of hydrogen-bond donors (Lipinski definition) is 1. The Balaban J connectivity index is 4.41. The van der Waals surface area contributed by atoms with E-state index in [0.717, 1.165) is 64.2 Å². The smallest absolute Gasteiger partial charge is 0.362 e. The molecule has 0 saturated carbocycles. The van der Waals surface area contributed by atoms with Crippen molar-refractivity contribution in [3.8, 4) is 0 Å². The van der Waals surface area contributed by atoms with Crippen LogP contribution in [0.4, 0.5) is 0 Å². The molecule has 0 aliphatic heterocycles. The maximum absolute atomic E-state index is 12.7. The summed E-state index contributed by atoms with van der Waals surface area (Å²) in [5, 5.41) is 9.63. The molecule has 0 aromatic rings. The van der Waals surface area contributed by atoms with Crippen molar-refractivity contribution in [2.24, 2.45) is 0 Å².